The Morgan fingerprint density at radius 2 is 1.12 bits per heavy atom. The molecule has 1 heterocycles. The number of benzene rings is 3. The summed E-state index contributed by atoms with van der Waals surface area (Å²) in [6.45, 7) is 0. The molecule has 0 saturated carbocycles. The number of hydrogen-bond acceptors (Lipinski definition) is 2. The van der Waals surface area contributed by atoms with Crippen LogP contribution in [0.4, 0.5) is 0 Å². The number of hydrogen-bond donors (Lipinski definition) is 0. The molecule has 4 rings (SSSR count). The average Bonchev–Trinajstić information content (AvgIpc) is 2.69. The van der Waals surface area contributed by atoms with Crippen molar-refractivity contribution in [3.05, 3.63) is 96.1 Å². The van der Waals surface area contributed by atoms with Gasteiger partial charge in [0.25, 0.3) is 0 Å². The largest absolute Gasteiger partial charge is 0.228 e. The van der Waals surface area contributed by atoms with Crippen molar-refractivity contribution in [2.75, 3.05) is 0 Å². The molecule has 1 aromatic heterocycles. The molecule has 0 spiro atoms. The maximum Gasteiger partial charge on any atom is 0.161 e. The second kappa shape index (κ2) is 6.88. The van der Waals surface area contributed by atoms with Gasteiger partial charge in [0.1, 0.15) is 5.15 Å². The fraction of sp³-hybridized carbons (Fsp3) is 0. The summed E-state index contributed by atoms with van der Waals surface area (Å²) in [5, 5.41) is 0.439. The molecule has 0 atom stereocenters. The van der Waals surface area contributed by atoms with E-state index in [1.165, 1.54) is 0 Å². The van der Waals surface area contributed by atoms with Crippen LogP contribution in [-0.2, 0) is 0 Å². The third-order valence-electron chi connectivity index (χ3n) is 3.99. The van der Waals surface area contributed by atoms with Gasteiger partial charge in [0.05, 0.1) is 5.69 Å². The van der Waals surface area contributed by atoms with Crippen molar-refractivity contribution in [1.82, 2.24) is 9.97 Å². The van der Waals surface area contributed by atoms with E-state index in [-0.39, 0.29) is 0 Å². The SMILES string of the molecule is Clc1cc(-c2ccccc2)nc(-c2cccc(-c3ccccc3)c2)n1. The van der Waals surface area contributed by atoms with Crippen LogP contribution >= 0.6 is 11.6 Å². The highest BCUT2D eigenvalue weighted by Gasteiger charge is 2.09. The van der Waals surface area contributed by atoms with Crippen LogP contribution in [0.2, 0.25) is 5.15 Å². The monoisotopic (exact) mass is 342 g/mol. The van der Waals surface area contributed by atoms with E-state index in [1.54, 1.807) is 6.07 Å². The minimum Gasteiger partial charge on any atom is -0.228 e. The maximum absolute atomic E-state index is 6.26. The number of rotatable bonds is 3. The van der Waals surface area contributed by atoms with Crippen molar-refractivity contribution in [2.24, 2.45) is 0 Å². The first-order chi connectivity index (χ1) is 12.3. The smallest absolute Gasteiger partial charge is 0.161 e. The second-order valence-corrected chi connectivity index (χ2v) is 6.10. The van der Waals surface area contributed by atoms with Gasteiger partial charge in [-0.25, -0.2) is 9.97 Å². The second-order valence-electron chi connectivity index (χ2n) is 5.71. The molecule has 4 aromatic rings. The number of halogens is 1. The summed E-state index contributed by atoms with van der Waals surface area (Å²) < 4.78 is 0. The summed E-state index contributed by atoms with van der Waals surface area (Å²) in [6.07, 6.45) is 0. The van der Waals surface area contributed by atoms with Gasteiger partial charge in [-0.15, -0.1) is 0 Å². The van der Waals surface area contributed by atoms with Gasteiger partial charge in [-0.05, 0) is 17.2 Å². The van der Waals surface area contributed by atoms with Crippen molar-refractivity contribution >= 4 is 11.6 Å². The Morgan fingerprint density at radius 1 is 0.520 bits per heavy atom. The molecule has 0 aliphatic carbocycles. The van der Waals surface area contributed by atoms with Gasteiger partial charge < -0.3 is 0 Å². The van der Waals surface area contributed by atoms with E-state index in [0.29, 0.717) is 11.0 Å². The van der Waals surface area contributed by atoms with Gasteiger partial charge in [-0.3, -0.25) is 0 Å². The Kier molecular flexibility index (Phi) is 4.28. The number of nitrogens with zero attached hydrogens (tertiary/aromatic N) is 2. The van der Waals surface area contributed by atoms with Crippen molar-refractivity contribution in [3.8, 4) is 33.8 Å². The molecule has 0 bridgehead atoms. The Morgan fingerprint density at radius 3 is 1.84 bits per heavy atom. The lowest BCUT2D eigenvalue weighted by atomic mass is 10.0. The molecular formula is C22H15ClN2. The Labute approximate surface area is 151 Å². The fourth-order valence-electron chi connectivity index (χ4n) is 2.77. The van der Waals surface area contributed by atoms with Crippen LogP contribution < -0.4 is 0 Å². The third-order valence-corrected chi connectivity index (χ3v) is 4.19. The van der Waals surface area contributed by atoms with Crippen molar-refractivity contribution in [1.29, 1.82) is 0 Å². The third kappa shape index (κ3) is 3.44. The summed E-state index contributed by atoms with van der Waals surface area (Å²) in [5.41, 5.74) is 5.08. The minimum atomic E-state index is 0.439. The van der Waals surface area contributed by atoms with Gasteiger partial charge in [0.15, 0.2) is 5.82 Å². The summed E-state index contributed by atoms with van der Waals surface area (Å²) >= 11 is 6.26. The highest BCUT2D eigenvalue weighted by Crippen LogP contribution is 2.27. The first-order valence-corrected chi connectivity index (χ1v) is 8.43. The molecule has 3 heteroatoms. The summed E-state index contributed by atoms with van der Waals surface area (Å²) in [7, 11) is 0. The van der Waals surface area contributed by atoms with Crippen LogP contribution in [0.25, 0.3) is 33.8 Å². The van der Waals surface area contributed by atoms with Gasteiger partial charge >= 0.3 is 0 Å². The summed E-state index contributed by atoms with van der Waals surface area (Å²) in [5.74, 6) is 0.629. The fourth-order valence-corrected chi connectivity index (χ4v) is 2.96. The normalized spacial score (nSPS) is 10.6. The highest BCUT2D eigenvalue weighted by molar-refractivity contribution is 6.29. The minimum absolute atomic E-state index is 0.439. The number of aromatic nitrogens is 2. The molecule has 0 fully saturated rings. The van der Waals surface area contributed by atoms with Crippen LogP contribution in [-0.4, -0.2) is 9.97 Å². The molecule has 0 unspecified atom stereocenters. The van der Waals surface area contributed by atoms with E-state index < -0.39 is 0 Å². The van der Waals surface area contributed by atoms with Crippen molar-refractivity contribution < 1.29 is 0 Å². The molecule has 120 valence electrons. The molecule has 2 nitrogen and oxygen atoms in total. The zero-order valence-corrected chi connectivity index (χ0v) is 14.2. The van der Waals surface area contributed by atoms with Gasteiger partial charge in [0.2, 0.25) is 0 Å². The Hall–Kier alpha value is -2.97. The predicted octanol–water partition coefficient (Wildman–Crippen LogP) is 6.13. The first kappa shape index (κ1) is 15.6. The molecule has 0 amide bonds. The molecule has 0 aliphatic heterocycles. The van der Waals surface area contributed by atoms with E-state index in [0.717, 1.165) is 27.9 Å². The quantitative estimate of drug-likeness (QED) is 0.418. The molecule has 0 saturated heterocycles. The zero-order valence-electron chi connectivity index (χ0n) is 13.4. The summed E-state index contributed by atoms with van der Waals surface area (Å²) in [4.78, 5) is 9.13. The van der Waals surface area contributed by atoms with E-state index >= 15 is 0 Å². The lowest BCUT2D eigenvalue weighted by molar-refractivity contribution is 1.18. The highest BCUT2D eigenvalue weighted by atomic mass is 35.5. The maximum atomic E-state index is 6.26. The van der Waals surface area contributed by atoms with Gasteiger partial charge in [-0.2, -0.15) is 0 Å². The average molecular weight is 343 g/mol. The van der Waals surface area contributed by atoms with E-state index in [4.69, 9.17) is 16.6 Å². The lowest BCUT2D eigenvalue weighted by Crippen LogP contribution is -1.93. The van der Waals surface area contributed by atoms with E-state index in [2.05, 4.69) is 29.2 Å². The molecule has 25 heavy (non-hydrogen) atoms. The first-order valence-electron chi connectivity index (χ1n) is 8.05. The van der Waals surface area contributed by atoms with Crippen LogP contribution in [0.5, 0.6) is 0 Å². The zero-order chi connectivity index (χ0) is 17.1. The molecular weight excluding hydrogens is 328 g/mol. The van der Waals surface area contributed by atoms with Crippen LogP contribution in [0.3, 0.4) is 0 Å². The summed E-state index contributed by atoms with van der Waals surface area (Å²) in [6, 6.07) is 30.2. The van der Waals surface area contributed by atoms with Gasteiger partial charge in [-0.1, -0.05) is 90.5 Å². The van der Waals surface area contributed by atoms with Crippen LogP contribution in [0.1, 0.15) is 0 Å². The van der Waals surface area contributed by atoms with Crippen molar-refractivity contribution in [2.45, 2.75) is 0 Å². The van der Waals surface area contributed by atoms with E-state index in [1.807, 2.05) is 60.7 Å². The lowest BCUT2D eigenvalue weighted by Gasteiger charge is -2.08. The van der Waals surface area contributed by atoms with E-state index in [9.17, 15) is 0 Å². The Balaban J connectivity index is 1.79. The molecule has 0 aliphatic rings. The molecule has 0 N–H and O–H groups in total. The molecule has 3 aromatic carbocycles. The molecule has 0 radical (unpaired) electrons. The predicted molar refractivity (Wildman–Crippen MR) is 103 cm³/mol. The van der Waals surface area contributed by atoms with Crippen molar-refractivity contribution in [3.63, 3.8) is 0 Å². The topological polar surface area (TPSA) is 25.8 Å². The van der Waals surface area contributed by atoms with Crippen LogP contribution in [0, 0.1) is 0 Å². The Bertz CT molecular complexity index is 999. The van der Waals surface area contributed by atoms with Gasteiger partial charge in [0, 0.05) is 17.2 Å². The standard InChI is InChI=1S/C22H15ClN2/c23-21-15-20(17-10-5-2-6-11-17)24-22(25-21)19-13-7-12-18(14-19)16-8-3-1-4-9-16/h1-15H. The van der Waals surface area contributed by atoms with Crippen LogP contribution in [0.15, 0.2) is 91.0 Å².